The summed E-state index contributed by atoms with van der Waals surface area (Å²) >= 11 is 0. The summed E-state index contributed by atoms with van der Waals surface area (Å²) in [6, 6.07) is 8.45. The second kappa shape index (κ2) is 10.2. The molecule has 2 rings (SSSR count). The lowest BCUT2D eigenvalue weighted by Gasteiger charge is -2.22. The smallest absolute Gasteiger partial charge is 0.333 e. The summed E-state index contributed by atoms with van der Waals surface area (Å²) in [6.07, 6.45) is 3.56. The van der Waals surface area contributed by atoms with Crippen molar-refractivity contribution in [1.29, 1.82) is 0 Å². The second-order valence-corrected chi connectivity index (χ2v) is 5.67. The maximum Gasteiger partial charge on any atom is 0.333 e. The van der Waals surface area contributed by atoms with Crippen molar-refractivity contribution in [2.24, 2.45) is 5.92 Å². The molecule has 1 saturated heterocycles. The zero-order valence-corrected chi connectivity index (χ0v) is 14.2. The predicted molar refractivity (Wildman–Crippen MR) is 91.4 cm³/mol. The molecule has 1 heterocycles. The van der Waals surface area contributed by atoms with Crippen LogP contribution >= 0.6 is 12.4 Å². The normalized spacial score (nSPS) is 16.0. The third kappa shape index (κ3) is 6.20. The van der Waals surface area contributed by atoms with Crippen molar-refractivity contribution in [2.75, 3.05) is 20.2 Å². The van der Waals surface area contributed by atoms with E-state index >= 15 is 0 Å². The molecule has 0 bridgehead atoms. The van der Waals surface area contributed by atoms with Gasteiger partial charge in [-0.2, -0.15) is 0 Å². The van der Waals surface area contributed by atoms with E-state index in [4.69, 9.17) is 4.74 Å². The number of nitrogens with one attached hydrogen (secondary N) is 2. The first-order valence-electron chi connectivity index (χ1n) is 7.83. The lowest BCUT2D eigenvalue weighted by Crippen LogP contribution is -2.35. The van der Waals surface area contributed by atoms with E-state index < -0.39 is 12.0 Å². The minimum atomic E-state index is -0.730. The summed E-state index contributed by atoms with van der Waals surface area (Å²) in [7, 11) is 1.33. The van der Waals surface area contributed by atoms with E-state index in [0.29, 0.717) is 12.3 Å². The molecule has 1 aromatic carbocycles. The molecule has 1 unspecified atom stereocenters. The molecule has 6 heteroatoms. The van der Waals surface area contributed by atoms with Crippen molar-refractivity contribution in [1.82, 2.24) is 10.6 Å². The van der Waals surface area contributed by atoms with Gasteiger partial charge in [-0.05, 0) is 43.8 Å². The average Bonchev–Trinajstić information content (AvgIpc) is 2.59. The number of piperidine rings is 1. The Hall–Kier alpha value is -1.59. The molecule has 1 amide bonds. The minimum Gasteiger partial charge on any atom is -0.467 e. The van der Waals surface area contributed by atoms with Gasteiger partial charge in [0.15, 0.2) is 6.04 Å². The number of carbonyl (C=O) groups excluding carboxylic acids is 2. The van der Waals surface area contributed by atoms with Gasteiger partial charge in [-0.1, -0.05) is 30.3 Å². The predicted octanol–water partition coefficient (Wildman–Crippen LogP) is 2.22. The number of halogens is 1. The van der Waals surface area contributed by atoms with Crippen LogP contribution in [0, 0.1) is 5.92 Å². The Labute approximate surface area is 143 Å². The summed E-state index contributed by atoms with van der Waals surface area (Å²) in [5.74, 6) is 0.0551. The molecule has 128 valence electrons. The Morgan fingerprint density at radius 1 is 1.26 bits per heavy atom. The number of rotatable bonds is 6. The molecule has 0 spiro atoms. The molecule has 5 nitrogen and oxygen atoms in total. The van der Waals surface area contributed by atoms with Gasteiger partial charge in [0, 0.05) is 6.42 Å². The fourth-order valence-electron chi connectivity index (χ4n) is 2.78. The van der Waals surface area contributed by atoms with E-state index in [1.54, 1.807) is 0 Å². The average molecular weight is 341 g/mol. The first-order valence-corrected chi connectivity index (χ1v) is 7.83. The van der Waals surface area contributed by atoms with Crippen LogP contribution in [0.3, 0.4) is 0 Å². The second-order valence-electron chi connectivity index (χ2n) is 5.67. The Morgan fingerprint density at radius 3 is 2.52 bits per heavy atom. The summed E-state index contributed by atoms with van der Waals surface area (Å²) in [4.78, 5) is 24.1. The third-order valence-corrected chi connectivity index (χ3v) is 4.11. The van der Waals surface area contributed by atoms with Crippen molar-refractivity contribution < 1.29 is 14.3 Å². The van der Waals surface area contributed by atoms with Crippen LogP contribution in [0.25, 0.3) is 0 Å². The van der Waals surface area contributed by atoms with Crippen molar-refractivity contribution in [3.8, 4) is 0 Å². The van der Waals surface area contributed by atoms with Gasteiger partial charge in [-0.15, -0.1) is 12.4 Å². The van der Waals surface area contributed by atoms with Gasteiger partial charge >= 0.3 is 5.97 Å². The van der Waals surface area contributed by atoms with Crippen molar-refractivity contribution >= 4 is 24.3 Å². The van der Waals surface area contributed by atoms with Gasteiger partial charge in [0.1, 0.15) is 0 Å². The summed E-state index contributed by atoms with van der Waals surface area (Å²) in [5, 5.41) is 6.11. The number of hydrogen-bond acceptors (Lipinski definition) is 4. The molecule has 0 aromatic heterocycles. The minimum absolute atomic E-state index is 0. The maximum absolute atomic E-state index is 12.2. The molecule has 0 radical (unpaired) electrons. The number of hydrogen-bond donors (Lipinski definition) is 2. The monoisotopic (exact) mass is 340 g/mol. The van der Waals surface area contributed by atoms with Crippen LogP contribution in [0.2, 0.25) is 0 Å². The zero-order valence-electron chi connectivity index (χ0n) is 13.4. The van der Waals surface area contributed by atoms with Crippen molar-refractivity contribution in [3.05, 3.63) is 35.9 Å². The molecule has 1 aliphatic rings. The molecular weight excluding hydrogens is 316 g/mol. The van der Waals surface area contributed by atoms with Crippen LogP contribution in [0.4, 0.5) is 0 Å². The van der Waals surface area contributed by atoms with Crippen LogP contribution < -0.4 is 10.6 Å². The Morgan fingerprint density at radius 2 is 1.91 bits per heavy atom. The number of amides is 1. The Bertz CT molecular complexity index is 490. The third-order valence-electron chi connectivity index (χ3n) is 4.11. The van der Waals surface area contributed by atoms with Crippen LogP contribution in [-0.2, 0) is 14.3 Å². The van der Waals surface area contributed by atoms with Gasteiger partial charge in [0.25, 0.3) is 0 Å². The fourth-order valence-corrected chi connectivity index (χ4v) is 2.78. The van der Waals surface area contributed by atoms with Crippen molar-refractivity contribution in [2.45, 2.75) is 31.7 Å². The van der Waals surface area contributed by atoms with Gasteiger partial charge in [0.05, 0.1) is 7.11 Å². The molecule has 1 fully saturated rings. The summed E-state index contributed by atoms with van der Waals surface area (Å²) in [5.41, 5.74) is 0.740. The highest BCUT2D eigenvalue weighted by Crippen LogP contribution is 2.19. The fraction of sp³-hybridized carbons (Fsp3) is 0.529. The van der Waals surface area contributed by atoms with Gasteiger partial charge in [0.2, 0.25) is 5.91 Å². The van der Waals surface area contributed by atoms with E-state index in [2.05, 4.69) is 10.6 Å². The summed E-state index contributed by atoms with van der Waals surface area (Å²) < 4.78 is 4.80. The lowest BCUT2D eigenvalue weighted by molar-refractivity contribution is -0.145. The van der Waals surface area contributed by atoms with Crippen LogP contribution in [0.15, 0.2) is 30.3 Å². The van der Waals surface area contributed by atoms with Gasteiger partial charge < -0.3 is 15.4 Å². The van der Waals surface area contributed by atoms with E-state index in [-0.39, 0.29) is 18.3 Å². The van der Waals surface area contributed by atoms with Gasteiger partial charge in [-0.25, -0.2) is 4.79 Å². The largest absolute Gasteiger partial charge is 0.467 e. The number of carbonyl (C=O) groups is 2. The lowest BCUT2D eigenvalue weighted by atomic mass is 9.93. The Kier molecular flexibility index (Phi) is 8.66. The standard InChI is InChI=1S/C17H24N2O3.ClH/c1-22-17(21)16(14-5-3-2-4-6-14)19-15(20)8-7-13-9-11-18-12-10-13;/h2-6,13,16,18H,7-12H2,1H3,(H,19,20);1H. The summed E-state index contributed by atoms with van der Waals surface area (Å²) in [6.45, 7) is 2.06. The topological polar surface area (TPSA) is 67.4 Å². The quantitative estimate of drug-likeness (QED) is 0.779. The van der Waals surface area contributed by atoms with Gasteiger partial charge in [-0.3, -0.25) is 4.79 Å². The molecule has 23 heavy (non-hydrogen) atoms. The molecule has 1 atom stereocenters. The van der Waals surface area contributed by atoms with E-state index in [1.807, 2.05) is 30.3 Å². The SMILES string of the molecule is COC(=O)C(NC(=O)CCC1CCNCC1)c1ccccc1.Cl. The Balaban J connectivity index is 0.00000264. The highest BCUT2D eigenvalue weighted by molar-refractivity contribution is 5.85. The first kappa shape index (κ1) is 19.5. The van der Waals surface area contributed by atoms with E-state index in [0.717, 1.165) is 37.9 Å². The van der Waals surface area contributed by atoms with Crippen LogP contribution in [-0.4, -0.2) is 32.1 Å². The molecule has 2 N–H and O–H groups in total. The number of methoxy groups -OCH3 is 1. The number of esters is 1. The van der Waals surface area contributed by atoms with E-state index in [9.17, 15) is 9.59 Å². The molecule has 1 aromatic rings. The zero-order chi connectivity index (χ0) is 15.8. The highest BCUT2D eigenvalue weighted by Gasteiger charge is 2.23. The molecule has 0 aliphatic carbocycles. The number of ether oxygens (including phenoxy) is 1. The molecule has 1 aliphatic heterocycles. The van der Waals surface area contributed by atoms with E-state index in [1.165, 1.54) is 7.11 Å². The molecule has 0 saturated carbocycles. The first-order chi connectivity index (χ1) is 10.7. The van der Waals surface area contributed by atoms with Crippen LogP contribution in [0.1, 0.15) is 37.3 Å². The molecular formula is C17H25ClN2O3. The van der Waals surface area contributed by atoms with Crippen LogP contribution in [0.5, 0.6) is 0 Å². The highest BCUT2D eigenvalue weighted by atomic mass is 35.5. The van der Waals surface area contributed by atoms with Crippen molar-refractivity contribution in [3.63, 3.8) is 0 Å². The number of benzene rings is 1. The maximum atomic E-state index is 12.2.